The van der Waals surface area contributed by atoms with Crippen molar-refractivity contribution in [2.24, 2.45) is 11.7 Å². The average molecular weight is 267 g/mol. The van der Waals surface area contributed by atoms with Crippen LogP contribution in [-0.4, -0.2) is 28.5 Å². The molecule has 8 nitrogen and oxygen atoms in total. The van der Waals surface area contributed by atoms with Crippen LogP contribution < -0.4 is 11.1 Å². The van der Waals surface area contributed by atoms with Gasteiger partial charge in [0.05, 0.1) is 10.8 Å². The second-order valence-corrected chi connectivity index (χ2v) is 3.97. The summed E-state index contributed by atoms with van der Waals surface area (Å²) in [6, 6.07) is 3.71. The average Bonchev–Trinajstić information content (AvgIpc) is 2.35. The zero-order chi connectivity index (χ0) is 14.6. The summed E-state index contributed by atoms with van der Waals surface area (Å²) in [5.74, 6) is -2.48. The van der Waals surface area contributed by atoms with Gasteiger partial charge >= 0.3 is 5.97 Å². The van der Waals surface area contributed by atoms with Gasteiger partial charge in [0.15, 0.2) is 0 Å². The van der Waals surface area contributed by atoms with Gasteiger partial charge in [-0.1, -0.05) is 6.92 Å². The molecule has 0 aliphatic carbocycles. The van der Waals surface area contributed by atoms with Gasteiger partial charge in [-0.2, -0.15) is 0 Å². The maximum Gasteiger partial charge on any atom is 0.308 e. The number of carbonyl (C=O) groups is 2. The highest BCUT2D eigenvalue weighted by molar-refractivity contribution is 5.94. The molecule has 0 aromatic heterocycles. The maximum absolute atomic E-state index is 10.9. The zero-order valence-corrected chi connectivity index (χ0v) is 10.1. The third-order valence-corrected chi connectivity index (χ3v) is 2.50. The van der Waals surface area contributed by atoms with E-state index in [0.717, 1.165) is 6.07 Å². The molecule has 0 radical (unpaired) electrons. The highest BCUT2D eigenvalue weighted by Crippen LogP contribution is 2.25. The van der Waals surface area contributed by atoms with Crippen LogP contribution in [0.1, 0.15) is 17.3 Å². The summed E-state index contributed by atoms with van der Waals surface area (Å²) >= 11 is 0. The first-order valence-electron chi connectivity index (χ1n) is 5.38. The van der Waals surface area contributed by atoms with E-state index >= 15 is 0 Å². The molecule has 0 heterocycles. The van der Waals surface area contributed by atoms with Crippen LogP contribution in [-0.2, 0) is 4.79 Å². The highest BCUT2D eigenvalue weighted by Gasteiger charge is 2.18. The fraction of sp³-hybridized carbons (Fsp3) is 0.273. The van der Waals surface area contributed by atoms with Gasteiger partial charge in [-0.15, -0.1) is 0 Å². The number of carboxylic acids is 1. The Morgan fingerprint density at radius 2 is 2.16 bits per heavy atom. The minimum atomic E-state index is -1.01. The van der Waals surface area contributed by atoms with Crippen molar-refractivity contribution in [2.75, 3.05) is 11.9 Å². The molecule has 1 unspecified atom stereocenters. The predicted molar refractivity (Wildman–Crippen MR) is 66.9 cm³/mol. The number of hydrogen-bond donors (Lipinski definition) is 3. The monoisotopic (exact) mass is 267 g/mol. The third kappa shape index (κ3) is 3.66. The molecule has 4 N–H and O–H groups in total. The number of amides is 1. The summed E-state index contributed by atoms with van der Waals surface area (Å²) in [7, 11) is 0. The van der Waals surface area contributed by atoms with Gasteiger partial charge in [0, 0.05) is 18.2 Å². The molecule has 1 aromatic rings. The molecule has 0 saturated carbocycles. The second-order valence-electron chi connectivity index (χ2n) is 3.97. The van der Waals surface area contributed by atoms with E-state index in [1.165, 1.54) is 19.1 Å². The standard InChI is InChI=1S/C11H13N3O5/c1-6(11(16)17)5-13-8-3-2-7(10(12)15)4-9(8)14(18)19/h2-4,6,13H,5H2,1H3,(H2,12,15)(H,16,17). The lowest BCUT2D eigenvalue weighted by molar-refractivity contribution is -0.384. The molecule has 1 amide bonds. The van der Waals surface area contributed by atoms with Crippen LogP contribution in [0.3, 0.4) is 0 Å². The van der Waals surface area contributed by atoms with Crippen molar-refractivity contribution < 1.29 is 19.6 Å². The summed E-state index contributed by atoms with van der Waals surface area (Å²) < 4.78 is 0. The fourth-order valence-corrected chi connectivity index (χ4v) is 1.34. The van der Waals surface area contributed by atoms with Crippen LogP contribution in [0.2, 0.25) is 0 Å². The minimum absolute atomic E-state index is 0.0172. The van der Waals surface area contributed by atoms with Gasteiger partial charge in [-0.3, -0.25) is 19.7 Å². The highest BCUT2D eigenvalue weighted by atomic mass is 16.6. The van der Waals surface area contributed by atoms with E-state index in [2.05, 4.69) is 5.32 Å². The van der Waals surface area contributed by atoms with Gasteiger partial charge in [0.2, 0.25) is 5.91 Å². The van der Waals surface area contributed by atoms with Crippen molar-refractivity contribution in [2.45, 2.75) is 6.92 Å². The summed E-state index contributed by atoms with van der Waals surface area (Å²) in [6.07, 6.45) is 0. The normalized spacial score (nSPS) is 11.6. The Morgan fingerprint density at radius 1 is 1.53 bits per heavy atom. The zero-order valence-electron chi connectivity index (χ0n) is 10.1. The molecule has 0 aliphatic heterocycles. The number of primary amides is 1. The van der Waals surface area contributed by atoms with Crippen molar-refractivity contribution in [1.29, 1.82) is 0 Å². The number of hydrogen-bond acceptors (Lipinski definition) is 5. The van der Waals surface area contributed by atoms with Crippen LogP contribution in [0.4, 0.5) is 11.4 Å². The van der Waals surface area contributed by atoms with Crippen LogP contribution in [0.15, 0.2) is 18.2 Å². The van der Waals surface area contributed by atoms with E-state index in [9.17, 15) is 19.7 Å². The van der Waals surface area contributed by atoms with Crippen molar-refractivity contribution in [3.05, 3.63) is 33.9 Å². The van der Waals surface area contributed by atoms with Gasteiger partial charge in [-0.05, 0) is 12.1 Å². The topological polar surface area (TPSA) is 136 Å². The van der Waals surface area contributed by atoms with Crippen molar-refractivity contribution in [1.82, 2.24) is 0 Å². The number of benzene rings is 1. The van der Waals surface area contributed by atoms with Crippen LogP contribution in [0.5, 0.6) is 0 Å². The number of carboxylic acid groups (broad SMARTS) is 1. The largest absolute Gasteiger partial charge is 0.481 e. The quantitative estimate of drug-likeness (QED) is 0.515. The second kappa shape index (κ2) is 5.80. The lowest BCUT2D eigenvalue weighted by Gasteiger charge is -2.10. The number of nitrogens with one attached hydrogen (secondary N) is 1. The number of aliphatic carboxylic acids is 1. The van der Waals surface area contributed by atoms with E-state index in [0.29, 0.717) is 0 Å². The van der Waals surface area contributed by atoms with Crippen molar-refractivity contribution >= 4 is 23.3 Å². The molecule has 102 valence electrons. The molecule has 0 bridgehead atoms. The Kier molecular flexibility index (Phi) is 4.41. The summed E-state index contributed by atoms with van der Waals surface area (Å²) in [5.41, 5.74) is 4.87. The molecule has 19 heavy (non-hydrogen) atoms. The molecule has 0 fully saturated rings. The van der Waals surface area contributed by atoms with Crippen molar-refractivity contribution in [3.63, 3.8) is 0 Å². The first-order chi connectivity index (χ1) is 8.82. The lowest BCUT2D eigenvalue weighted by Crippen LogP contribution is -2.20. The lowest BCUT2D eigenvalue weighted by atomic mass is 10.1. The third-order valence-electron chi connectivity index (χ3n) is 2.50. The molecular formula is C11H13N3O5. The summed E-state index contributed by atoms with van der Waals surface area (Å²) in [6.45, 7) is 1.50. The van der Waals surface area contributed by atoms with Gasteiger partial charge in [0.25, 0.3) is 5.69 Å². The minimum Gasteiger partial charge on any atom is -0.481 e. The molecule has 1 atom stereocenters. The summed E-state index contributed by atoms with van der Waals surface area (Å²) in [5, 5.41) is 22.3. The number of rotatable bonds is 6. The molecular weight excluding hydrogens is 254 g/mol. The Balaban J connectivity index is 2.97. The predicted octanol–water partition coefficient (Wildman–Crippen LogP) is 0.826. The number of anilines is 1. The van der Waals surface area contributed by atoms with Crippen molar-refractivity contribution in [3.8, 4) is 0 Å². The first-order valence-corrected chi connectivity index (χ1v) is 5.38. The Bertz CT molecular complexity index is 529. The Hall–Kier alpha value is -2.64. The number of nitrogens with zero attached hydrogens (tertiary/aromatic N) is 1. The number of nitro benzene ring substituents is 1. The van der Waals surface area contributed by atoms with Gasteiger partial charge in [0.1, 0.15) is 5.69 Å². The molecule has 1 aromatic carbocycles. The summed E-state index contributed by atoms with van der Waals surface area (Å²) in [4.78, 5) is 31.8. The first kappa shape index (κ1) is 14.4. The number of carbonyl (C=O) groups excluding carboxylic acids is 1. The SMILES string of the molecule is CC(CNc1ccc(C(N)=O)cc1[N+](=O)[O-])C(=O)O. The van der Waals surface area contributed by atoms with E-state index < -0.39 is 22.7 Å². The smallest absolute Gasteiger partial charge is 0.308 e. The van der Waals surface area contributed by atoms with E-state index in [1.807, 2.05) is 0 Å². The fourth-order valence-electron chi connectivity index (χ4n) is 1.34. The number of nitro groups is 1. The van der Waals surface area contributed by atoms with Gasteiger partial charge < -0.3 is 16.2 Å². The Labute approximate surface area is 108 Å². The molecule has 0 saturated heterocycles. The van der Waals surface area contributed by atoms with E-state index in [4.69, 9.17) is 10.8 Å². The number of nitrogens with two attached hydrogens (primary N) is 1. The van der Waals surface area contributed by atoms with Crippen LogP contribution >= 0.6 is 0 Å². The molecule has 1 rings (SSSR count). The molecule has 0 aliphatic rings. The maximum atomic E-state index is 10.9. The van der Waals surface area contributed by atoms with E-state index in [1.54, 1.807) is 0 Å². The molecule has 8 heteroatoms. The van der Waals surface area contributed by atoms with Gasteiger partial charge in [-0.25, -0.2) is 0 Å². The Morgan fingerprint density at radius 3 is 2.63 bits per heavy atom. The van der Waals surface area contributed by atoms with Crippen LogP contribution in [0.25, 0.3) is 0 Å². The van der Waals surface area contributed by atoms with Crippen LogP contribution in [0, 0.1) is 16.0 Å². The molecule has 0 spiro atoms. The van der Waals surface area contributed by atoms with E-state index in [-0.39, 0.29) is 23.5 Å².